The summed E-state index contributed by atoms with van der Waals surface area (Å²) in [5.74, 6) is -0.492. The molecule has 0 saturated heterocycles. The Morgan fingerprint density at radius 2 is 1.67 bits per heavy atom. The van der Waals surface area contributed by atoms with Gasteiger partial charge in [-0.1, -0.05) is 12.1 Å². The smallest absolute Gasteiger partial charge is 0.384 e. The third kappa shape index (κ3) is 3.42. The summed E-state index contributed by atoms with van der Waals surface area (Å²) in [5.41, 5.74) is 0.808. The zero-order chi connectivity index (χ0) is 15.8. The van der Waals surface area contributed by atoms with Crippen LogP contribution in [0, 0.1) is 19.7 Å². The van der Waals surface area contributed by atoms with E-state index in [1.165, 1.54) is 25.1 Å². The van der Waals surface area contributed by atoms with Gasteiger partial charge in [0.1, 0.15) is 11.9 Å². The standard InChI is InChI=1S/C16H14F4O/c1-9-5-11(8-13(17)6-9)15(21)14-4-3-12(7-10(14)2)16(18,19)20/h3-8,15,21H,1-2H3. The maximum Gasteiger partial charge on any atom is 0.416 e. The SMILES string of the molecule is Cc1cc(F)cc(C(O)c2ccc(C(F)(F)F)cc2C)c1. The van der Waals surface area contributed by atoms with Gasteiger partial charge in [0.2, 0.25) is 0 Å². The summed E-state index contributed by atoms with van der Waals surface area (Å²) in [4.78, 5) is 0. The summed E-state index contributed by atoms with van der Waals surface area (Å²) in [7, 11) is 0. The minimum absolute atomic E-state index is 0.305. The van der Waals surface area contributed by atoms with E-state index < -0.39 is 23.7 Å². The number of halogens is 4. The summed E-state index contributed by atoms with van der Waals surface area (Å²) in [5, 5.41) is 10.3. The van der Waals surface area contributed by atoms with E-state index in [1.807, 2.05) is 0 Å². The number of benzene rings is 2. The Morgan fingerprint density at radius 3 is 2.19 bits per heavy atom. The van der Waals surface area contributed by atoms with E-state index in [1.54, 1.807) is 13.0 Å². The largest absolute Gasteiger partial charge is 0.416 e. The molecule has 0 fully saturated rings. The summed E-state index contributed by atoms with van der Waals surface area (Å²) >= 11 is 0. The average molecular weight is 298 g/mol. The Morgan fingerprint density at radius 1 is 1.00 bits per heavy atom. The van der Waals surface area contributed by atoms with Crippen LogP contribution < -0.4 is 0 Å². The van der Waals surface area contributed by atoms with Crippen molar-refractivity contribution >= 4 is 0 Å². The predicted molar refractivity (Wildman–Crippen MR) is 71.4 cm³/mol. The Labute approximate surface area is 119 Å². The molecule has 112 valence electrons. The molecule has 21 heavy (non-hydrogen) atoms. The van der Waals surface area contributed by atoms with E-state index in [2.05, 4.69) is 0 Å². The molecule has 0 aliphatic rings. The van der Waals surface area contributed by atoms with E-state index in [0.29, 0.717) is 22.3 Å². The number of aliphatic hydroxyl groups excluding tert-OH is 1. The molecular formula is C16H14F4O. The van der Waals surface area contributed by atoms with Crippen LogP contribution in [0.2, 0.25) is 0 Å². The number of hydrogen-bond acceptors (Lipinski definition) is 1. The topological polar surface area (TPSA) is 20.2 Å². The Balaban J connectivity index is 2.42. The molecule has 2 rings (SSSR count). The van der Waals surface area contributed by atoms with Crippen molar-refractivity contribution < 1.29 is 22.7 Å². The minimum Gasteiger partial charge on any atom is -0.384 e. The third-order valence-electron chi connectivity index (χ3n) is 3.27. The highest BCUT2D eigenvalue weighted by Gasteiger charge is 2.31. The molecule has 0 radical (unpaired) electrons. The van der Waals surface area contributed by atoms with Crippen LogP contribution in [0.3, 0.4) is 0 Å². The third-order valence-corrected chi connectivity index (χ3v) is 3.27. The fourth-order valence-electron chi connectivity index (χ4n) is 2.26. The first-order chi connectivity index (χ1) is 9.68. The second-order valence-electron chi connectivity index (χ2n) is 5.03. The molecule has 2 aromatic rings. The van der Waals surface area contributed by atoms with E-state index in [0.717, 1.165) is 12.1 Å². The highest BCUT2D eigenvalue weighted by molar-refractivity contribution is 5.39. The van der Waals surface area contributed by atoms with Crippen molar-refractivity contribution in [2.24, 2.45) is 0 Å². The first-order valence-corrected chi connectivity index (χ1v) is 6.31. The normalized spacial score (nSPS) is 13.3. The number of aryl methyl sites for hydroxylation is 2. The maximum atomic E-state index is 13.4. The van der Waals surface area contributed by atoms with Crippen molar-refractivity contribution in [3.05, 3.63) is 70.0 Å². The molecule has 1 atom stereocenters. The monoisotopic (exact) mass is 298 g/mol. The zero-order valence-electron chi connectivity index (χ0n) is 11.5. The van der Waals surface area contributed by atoms with Crippen molar-refractivity contribution in [2.45, 2.75) is 26.1 Å². The van der Waals surface area contributed by atoms with Crippen LogP contribution in [-0.2, 0) is 6.18 Å². The van der Waals surface area contributed by atoms with Gasteiger partial charge in [0, 0.05) is 0 Å². The molecular weight excluding hydrogens is 284 g/mol. The predicted octanol–water partition coefficient (Wildman–Crippen LogP) is 4.54. The molecule has 0 spiro atoms. The summed E-state index contributed by atoms with van der Waals surface area (Å²) < 4.78 is 51.2. The fraction of sp³-hybridized carbons (Fsp3) is 0.250. The lowest BCUT2D eigenvalue weighted by molar-refractivity contribution is -0.137. The van der Waals surface area contributed by atoms with E-state index in [9.17, 15) is 22.7 Å². The molecule has 0 aliphatic heterocycles. The summed E-state index contributed by atoms with van der Waals surface area (Å²) in [6, 6.07) is 7.21. The Bertz CT molecular complexity index is 642. The van der Waals surface area contributed by atoms with Gasteiger partial charge >= 0.3 is 6.18 Å². The first-order valence-electron chi connectivity index (χ1n) is 6.31. The van der Waals surface area contributed by atoms with E-state index in [-0.39, 0.29) is 0 Å². The van der Waals surface area contributed by atoms with Crippen molar-refractivity contribution in [2.75, 3.05) is 0 Å². The molecule has 5 heteroatoms. The lowest BCUT2D eigenvalue weighted by Gasteiger charge is -2.17. The minimum atomic E-state index is -4.43. The van der Waals surface area contributed by atoms with Crippen molar-refractivity contribution in [3.8, 4) is 0 Å². The van der Waals surface area contributed by atoms with E-state index >= 15 is 0 Å². The van der Waals surface area contributed by atoms with Crippen LogP contribution in [-0.4, -0.2) is 5.11 Å². The number of alkyl halides is 3. The van der Waals surface area contributed by atoms with Gasteiger partial charge in [0.25, 0.3) is 0 Å². The van der Waals surface area contributed by atoms with Gasteiger partial charge in [-0.2, -0.15) is 13.2 Å². The highest BCUT2D eigenvalue weighted by Crippen LogP contribution is 2.33. The van der Waals surface area contributed by atoms with Gasteiger partial charge in [-0.25, -0.2) is 4.39 Å². The molecule has 1 N–H and O–H groups in total. The fourth-order valence-corrected chi connectivity index (χ4v) is 2.26. The van der Waals surface area contributed by atoms with Gasteiger partial charge in [-0.15, -0.1) is 0 Å². The second kappa shape index (κ2) is 5.48. The van der Waals surface area contributed by atoms with E-state index in [4.69, 9.17) is 0 Å². The maximum absolute atomic E-state index is 13.4. The molecule has 1 nitrogen and oxygen atoms in total. The summed E-state index contributed by atoms with van der Waals surface area (Å²) in [6.45, 7) is 3.17. The quantitative estimate of drug-likeness (QED) is 0.807. The molecule has 0 amide bonds. The van der Waals surface area contributed by atoms with Crippen molar-refractivity contribution in [3.63, 3.8) is 0 Å². The lowest BCUT2D eigenvalue weighted by Crippen LogP contribution is -2.08. The molecule has 0 aliphatic carbocycles. The van der Waals surface area contributed by atoms with Crippen LogP contribution in [0.25, 0.3) is 0 Å². The molecule has 0 saturated carbocycles. The summed E-state index contributed by atoms with van der Waals surface area (Å²) in [6.07, 6.45) is -5.59. The zero-order valence-corrected chi connectivity index (χ0v) is 11.5. The first kappa shape index (κ1) is 15.5. The Hall–Kier alpha value is -1.88. The van der Waals surface area contributed by atoms with Gasteiger partial charge in [-0.3, -0.25) is 0 Å². The van der Waals surface area contributed by atoms with Gasteiger partial charge in [0.15, 0.2) is 0 Å². The molecule has 2 aromatic carbocycles. The van der Waals surface area contributed by atoms with Crippen LogP contribution >= 0.6 is 0 Å². The van der Waals surface area contributed by atoms with Crippen LogP contribution in [0.15, 0.2) is 36.4 Å². The molecule has 1 unspecified atom stereocenters. The van der Waals surface area contributed by atoms with Gasteiger partial charge in [0.05, 0.1) is 5.56 Å². The number of hydrogen-bond donors (Lipinski definition) is 1. The van der Waals surface area contributed by atoms with Crippen LogP contribution in [0.4, 0.5) is 17.6 Å². The van der Waals surface area contributed by atoms with Crippen molar-refractivity contribution in [1.29, 1.82) is 0 Å². The van der Waals surface area contributed by atoms with Crippen LogP contribution in [0.1, 0.15) is 33.9 Å². The Kier molecular flexibility index (Phi) is 4.05. The lowest BCUT2D eigenvalue weighted by atomic mass is 9.95. The van der Waals surface area contributed by atoms with Crippen LogP contribution in [0.5, 0.6) is 0 Å². The van der Waals surface area contributed by atoms with Crippen molar-refractivity contribution in [1.82, 2.24) is 0 Å². The second-order valence-corrected chi connectivity index (χ2v) is 5.03. The highest BCUT2D eigenvalue weighted by atomic mass is 19.4. The molecule has 0 aromatic heterocycles. The average Bonchev–Trinajstić information content (AvgIpc) is 2.35. The number of aliphatic hydroxyl groups is 1. The molecule has 0 bridgehead atoms. The molecule has 0 heterocycles. The number of rotatable bonds is 2. The van der Waals surface area contributed by atoms with Gasteiger partial charge in [-0.05, 0) is 60.4 Å². The van der Waals surface area contributed by atoms with Gasteiger partial charge < -0.3 is 5.11 Å².